The highest BCUT2D eigenvalue weighted by atomic mass is 32.1. The lowest BCUT2D eigenvalue weighted by atomic mass is 9.95. The SMILES string of the molecule is CCOC(=O)c1c(NC(=O)[C@H](C)Oc2ccccc2C(C)C)sc2c1CCCC2. The van der Waals surface area contributed by atoms with Gasteiger partial charge in [0, 0.05) is 4.88 Å². The van der Waals surface area contributed by atoms with Crippen molar-refractivity contribution in [2.45, 2.75) is 65.4 Å². The van der Waals surface area contributed by atoms with Gasteiger partial charge in [-0.1, -0.05) is 32.0 Å². The molecule has 1 amide bonds. The highest BCUT2D eigenvalue weighted by Gasteiger charge is 2.28. The molecule has 1 atom stereocenters. The number of nitrogens with one attached hydrogen (secondary N) is 1. The van der Waals surface area contributed by atoms with E-state index in [0.29, 0.717) is 28.8 Å². The monoisotopic (exact) mass is 415 g/mol. The van der Waals surface area contributed by atoms with Crippen molar-refractivity contribution in [1.29, 1.82) is 0 Å². The van der Waals surface area contributed by atoms with Crippen LogP contribution in [-0.4, -0.2) is 24.6 Å². The van der Waals surface area contributed by atoms with E-state index >= 15 is 0 Å². The minimum atomic E-state index is -0.691. The van der Waals surface area contributed by atoms with Gasteiger partial charge in [-0.2, -0.15) is 0 Å². The Balaban J connectivity index is 1.80. The summed E-state index contributed by atoms with van der Waals surface area (Å²) in [6, 6.07) is 7.76. The number of anilines is 1. The maximum Gasteiger partial charge on any atom is 0.341 e. The Morgan fingerprint density at radius 3 is 2.59 bits per heavy atom. The molecule has 0 unspecified atom stereocenters. The highest BCUT2D eigenvalue weighted by molar-refractivity contribution is 7.17. The molecule has 2 aromatic rings. The summed E-state index contributed by atoms with van der Waals surface area (Å²) in [5, 5.41) is 3.51. The number of hydrogen-bond donors (Lipinski definition) is 1. The molecule has 0 fully saturated rings. The highest BCUT2D eigenvalue weighted by Crippen LogP contribution is 2.38. The molecule has 0 radical (unpaired) electrons. The summed E-state index contributed by atoms with van der Waals surface area (Å²) in [7, 11) is 0. The van der Waals surface area contributed by atoms with Crippen LogP contribution in [0.5, 0.6) is 5.75 Å². The maximum absolute atomic E-state index is 12.9. The molecule has 0 spiro atoms. The maximum atomic E-state index is 12.9. The van der Waals surface area contributed by atoms with Crippen LogP contribution in [-0.2, 0) is 22.4 Å². The summed E-state index contributed by atoms with van der Waals surface area (Å²) in [4.78, 5) is 26.6. The van der Waals surface area contributed by atoms with Crippen molar-refractivity contribution >= 4 is 28.2 Å². The van der Waals surface area contributed by atoms with Crippen LogP contribution < -0.4 is 10.1 Å². The number of thiophene rings is 1. The normalized spacial score (nSPS) is 14.2. The second kappa shape index (κ2) is 9.44. The van der Waals surface area contributed by atoms with Gasteiger partial charge in [-0.05, 0) is 62.6 Å². The zero-order valence-corrected chi connectivity index (χ0v) is 18.4. The number of esters is 1. The van der Waals surface area contributed by atoms with Gasteiger partial charge in [0.1, 0.15) is 10.8 Å². The summed E-state index contributed by atoms with van der Waals surface area (Å²) < 4.78 is 11.2. The van der Waals surface area contributed by atoms with Crippen LogP contribution in [0.2, 0.25) is 0 Å². The number of amides is 1. The first-order chi connectivity index (χ1) is 13.9. The van der Waals surface area contributed by atoms with Crippen LogP contribution in [0.15, 0.2) is 24.3 Å². The fraction of sp³-hybridized carbons (Fsp3) is 0.478. The average Bonchev–Trinajstić information content (AvgIpc) is 3.06. The van der Waals surface area contributed by atoms with E-state index in [1.165, 1.54) is 16.2 Å². The summed E-state index contributed by atoms with van der Waals surface area (Å²) in [5.74, 6) is 0.371. The van der Waals surface area contributed by atoms with Crippen LogP contribution in [0.1, 0.15) is 72.8 Å². The van der Waals surface area contributed by atoms with Crippen molar-refractivity contribution in [2.75, 3.05) is 11.9 Å². The predicted molar refractivity (Wildman–Crippen MR) is 116 cm³/mol. The molecule has 3 rings (SSSR count). The number of hydrogen-bond acceptors (Lipinski definition) is 5. The number of carbonyl (C=O) groups excluding carboxylic acids is 2. The number of carbonyl (C=O) groups is 2. The summed E-state index contributed by atoms with van der Waals surface area (Å²) in [5.41, 5.74) is 2.62. The molecule has 1 heterocycles. The molecule has 5 nitrogen and oxygen atoms in total. The molecule has 0 saturated carbocycles. The van der Waals surface area contributed by atoms with Crippen LogP contribution in [0.4, 0.5) is 5.00 Å². The molecule has 0 saturated heterocycles. The smallest absolute Gasteiger partial charge is 0.341 e. The van der Waals surface area contributed by atoms with Crippen LogP contribution in [0.3, 0.4) is 0 Å². The summed E-state index contributed by atoms with van der Waals surface area (Å²) in [6.45, 7) is 8.01. The lowest BCUT2D eigenvalue weighted by Gasteiger charge is -2.18. The largest absolute Gasteiger partial charge is 0.481 e. The molecule has 1 aliphatic carbocycles. The molecule has 156 valence electrons. The van der Waals surface area contributed by atoms with E-state index in [-0.39, 0.29) is 11.9 Å². The van der Waals surface area contributed by atoms with E-state index in [9.17, 15) is 9.59 Å². The van der Waals surface area contributed by atoms with E-state index in [1.54, 1.807) is 13.8 Å². The van der Waals surface area contributed by atoms with Gasteiger partial charge in [0.25, 0.3) is 5.91 Å². The number of para-hydroxylation sites is 1. The minimum Gasteiger partial charge on any atom is -0.481 e. The standard InChI is InChI=1S/C23H29NO4S/c1-5-27-23(26)20-17-11-7-9-13-19(17)29-22(20)24-21(25)15(4)28-18-12-8-6-10-16(18)14(2)3/h6,8,10,12,14-15H,5,7,9,11,13H2,1-4H3,(H,24,25)/t15-/m0/s1. The lowest BCUT2D eigenvalue weighted by molar-refractivity contribution is -0.122. The Hall–Kier alpha value is -2.34. The van der Waals surface area contributed by atoms with E-state index in [4.69, 9.17) is 9.47 Å². The van der Waals surface area contributed by atoms with E-state index in [1.807, 2.05) is 24.3 Å². The number of ether oxygens (including phenoxy) is 2. The van der Waals surface area contributed by atoms with Gasteiger partial charge < -0.3 is 14.8 Å². The molecule has 1 aromatic carbocycles. The van der Waals surface area contributed by atoms with Crippen molar-refractivity contribution in [1.82, 2.24) is 0 Å². The zero-order chi connectivity index (χ0) is 21.0. The second-order valence-electron chi connectivity index (χ2n) is 7.58. The van der Waals surface area contributed by atoms with Gasteiger partial charge in [-0.15, -0.1) is 11.3 Å². The molecule has 6 heteroatoms. The quantitative estimate of drug-likeness (QED) is 0.621. The Kier molecular flexibility index (Phi) is 6.96. The first-order valence-electron chi connectivity index (χ1n) is 10.3. The molecule has 1 N–H and O–H groups in total. The van der Waals surface area contributed by atoms with Crippen molar-refractivity contribution in [3.05, 3.63) is 45.8 Å². The fourth-order valence-electron chi connectivity index (χ4n) is 3.60. The number of fused-ring (bicyclic) bond motifs is 1. The van der Waals surface area contributed by atoms with E-state index in [2.05, 4.69) is 19.2 Å². The van der Waals surface area contributed by atoms with Crippen LogP contribution in [0, 0.1) is 0 Å². The molecule has 0 aliphatic heterocycles. The summed E-state index contributed by atoms with van der Waals surface area (Å²) >= 11 is 1.49. The van der Waals surface area contributed by atoms with Crippen molar-refractivity contribution in [2.24, 2.45) is 0 Å². The Morgan fingerprint density at radius 2 is 1.86 bits per heavy atom. The molecule has 1 aliphatic rings. The third-order valence-corrected chi connectivity index (χ3v) is 6.31. The van der Waals surface area contributed by atoms with E-state index < -0.39 is 6.10 Å². The van der Waals surface area contributed by atoms with Gasteiger partial charge in [0.15, 0.2) is 6.10 Å². The molecular weight excluding hydrogens is 386 g/mol. The third kappa shape index (κ3) is 4.81. The zero-order valence-electron chi connectivity index (χ0n) is 17.5. The first kappa shape index (κ1) is 21.4. The minimum absolute atomic E-state index is 0.271. The van der Waals surface area contributed by atoms with Gasteiger partial charge in [0.05, 0.1) is 12.2 Å². The number of aryl methyl sites for hydroxylation is 1. The topological polar surface area (TPSA) is 64.6 Å². The first-order valence-corrected chi connectivity index (χ1v) is 11.1. The van der Waals surface area contributed by atoms with Gasteiger partial charge in [-0.25, -0.2) is 4.79 Å². The van der Waals surface area contributed by atoms with Gasteiger partial charge in [0.2, 0.25) is 0 Å². The third-order valence-electron chi connectivity index (χ3n) is 5.10. The van der Waals surface area contributed by atoms with Crippen molar-refractivity contribution in [3.8, 4) is 5.75 Å². The molecule has 29 heavy (non-hydrogen) atoms. The molecular formula is C23H29NO4S. The van der Waals surface area contributed by atoms with Gasteiger partial charge >= 0.3 is 5.97 Å². The fourth-order valence-corrected chi connectivity index (χ4v) is 4.88. The molecule has 0 bridgehead atoms. The van der Waals surface area contributed by atoms with Crippen LogP contribution in [0.25, 0.3) is 0 Å². The Bertz CT molecular complexity index is 887. The van der Waals surface area contributed by atoms with Crippen molar-refractivity contribution < 1.29 is 19.1 Å². The molecule has 1 aromatic heterocycles. The number of benzene rings is 1. The van der Waals surface area contributed by atoms with Crippen LogP contribution >= 0.6 is 11.3 Å². The number of rotatable bonds is 7. The lowest BCUT2D eigenvalue weighted by Crippen LogP contribution is -2.30. The van der Waals surface area contributed by atoms with Crippen molar-refractivity contribution in [3.63, 3.8) is 0 Å². The predicted octanol–water partition coefficient (Wildman–Crippen LogP) is 5.33. The Labute approximate surface area is 176 Å². The van der Waals surface area contributed by atoms with E-state index in [0.717, 1.165) is 36.8 Å². The average molecular weight is 416 g/mol. The summed E-state index contributed by atoms with van der Waals surface area (Å²) in [6.07, 6.45) is 3.26. The van der Waals surface area contributed by atoms with Gasteiger partial charge in [-0.3, -0.25) is 4.79 Å². The second-order valence-corrected chi connectivity index (χ2v) is 8.68. The Morgan fingerprint density at radius 1 is 1.14 bits per heavy atom.